The molecule has 3 unspecified atom stereocenters. The maximum Gasteiger partial charge on any atom is 0.237 e. The molecule has 1 saturated carbocycles. The molecule has 0 bridgehead atoms. The fourth-order valence-corrected chi connectivity index (χ4v) is 4.93. The summed E-state index contributed by atoms with van der Waals surface area (Å²) in [4.78, 5) is 21.8. The second-order valence-electron chi connectivity index (χ2n) is 8.42. The largest absolute Gasteiger partial charge is 0.352 e. The Kier molecular flexibility index (Phi) is 10.3. The molecule has 4 N–H and O–H groups in total. The fourth-order valence-electron chi connectivity index (χ4n) is 4.19. The second-order valence-corrected chi connectivity index (χ2v) is 9.71. The quantitative estimate of drug-likeness (QED) is 0.484. The Balaban J connectivity index is 1.90. The van der Waals surface area contributed by atoms with Crippen LogP contribution in [0.2, 0.25) is 0 Å². The van der Waals surface area contributed by atoms with Crippen LogP contribution >= 0.6 is 8.03 Å². The predicted octanol–water partition coefficient (Wildman–Crippen LogP) is 3.89. The number of nitrogens with two attached hydrogens (primary N) is 1. The van der Waals surface area contributed by atoms with Gasteiger partial charge in [0, 0.05) is 12.2 Å². The molecule has 1 aromatic carbocycles. The molecule has 2 rings (SSSR count). The summed E-state index contributed by atoms with van der Waals surface area (Å²) in [6.07, 6.45) is 9.67. The third kappa shape index (κ3) is 8.46. The molecular formula is C22H37N2O3P. The molecule has 0 radical (unpaired) electrons. The van der Waals surface area contributed by atoms with E-state index in [0.717, 1.165) is 37.7 Å². The maximum atomic E-state index is 12.8. The van der Waals surface area contributed by atoms with Gasteiger partial charge in [0.05, 0.1) is 6.04 Å². The van der Waals surface area contributed by atoms with E-state index in [1.807, 2.05) is 30.3 Å². The Labute approximate surface area is 170 Å². The SMILES string of the molecule is CC(CCC(NC(=O)[C@@H](N)Cc1ccccc1)C1CCCCC1)CC[PH](=O)O. The van der Waals surface area contributed by atoms with Gasteiger partial charge in [0.1, 0.15) is 0 Å². The number of carbonyl (C=O) groups excluding carboxylic acids is 1. The monoisotopic (exact) mass is 408 g/mol. The Morgan fingerprint density at radius 3 is 2.50 bits per heavy atom. The first-order chi connectivity index (χ1) is 13.5. The van der Waals surface area contributed by atoms with Gasteiger partial charge < -0.3 is 15.9 Å². The predicted molar refractivity (Wildman–Crippen MR) is 116 cm³/mol. The van der Waals surface area contributed by atoms with Gasteiger partial charge in [-0.15, -0.1) is 0 Å². The minimum absolute atomic E-state index is 0.0625. The van der Waals surface area contributed by atoms with E-state index in [4.69, 9.17) is 10.6 Å². The molecule has 5 nitrogen and oxygen atoms in total. The highest BCUT2D eigenvalue weighted by molar-refractivity contribution is 7.37. The first kappa shape index (κ1) is 23.1. The van der Waals surface area contributed by atoms with E-state index in [1.165, 1.54) is 19.3 Å². The lowest BCUT2D eigenvalue weighted by atomic mass is 9.81. The molecule has 0 saturated heterocycles. The van der Waals surface area contributed by atoms with Crippen molar-refractivity contribution in [2.75, 3.05) is 6.16 Å². The molecular weight excluding hydrogens is 371 g/mol. The van der Waals surface area contributed by atoms with Crippen LogP contribution in [0.4, 0.5) is 0 Å². The lowest BCUT2D eigenvalue weighted by molar-refractivity contribution is -0.123. The van der Waals surface area contributed by atoms with E-state index in [-0.39, 0.29) is 11.9 Å². The lowest BCUT2D eigenvalue weighted by Gasteiger charge is -2.32. The van der Waals surface area contributed by atoms with Crippen LogP contribution in [0.15, 0.2) is 30.3 Å². The zero-order valence-corrected chi connectivity index (χ0v) is 18.1. The van der Waals surface area contributed by atoms with E-state index in [1.54, 1.807) is 0 Å². The third-order valence-electron chi connectivity index (χ3n) is 6.00. The number of rotatable bonds is 11. The normalized spacial score (nSPS) is 19.5. The van der Waals surface area contributed by atoms with Gasteiger partial charge in [0.25, 0.3) is 0 Å². The number of hydrogen-bond acceptors (Lipinski definition) is 3. The van der Waals surface area contributed by atoms with Crippen molar-refractivity contribution in [1.82, 2.24) is 5.32 Å². The molecule has 6 heteroatoms. The molecule has 158 valence electrons. The van der Waals surface area contributed by atoms with Gasteiger partial charge in [-0.1, -0.05) is 56.5 Å². The average Bonchev–Trinajstić information content (AvgIpc) is 2.70. The number of hydrogen-bond donors (Lipinski definition) is 3. The molecule has 4 atom stereocenters. The molecule has 0 aromatic heterocycles. The van der Waals surface area contributed by atoms with Gasteiger partial charge in [-0.05, 0) is 55.9 Å². The smallest absolute Gasteiger partial charge is 0.237 e. The number of nitrogens with one attached hydrogen (secondary N) is 1. The van der Waals surface area contributed by atoms with Crippen molar-refractivity contribution in [1.29, 1.82) is 0 Å². The van der Waals surface area contributed by atoms with E-state index in [9.17, 15) is 9.36 Å². The molecule has 1 aliphatic rings. The lowest BCUT2D eigenvalue weighted by Crippen LogP contribution is -2.49. The van der Waals surface area contributed by atoms with E-state index in [0.29, 0.717) is 24.4 Å². The molecule has 0 spiro atoms. The standard InChI is InChI=1S/C22H37N2O3P/c1-17(14-15-28(26)27)12-13-21(19-10-6-3-7-11-19)24-22(25)20(23)16-18-8-4-2-5-9-18/h2,4-5,8-9,17,19-21,28H,3,6-7,10-16,23H2,1H3,(H,24,25)(H,26,27)/t17?,20-,21?/m0/s1. The Morgan fingerprint density at radius 2 is 1.86 bits per heavy atom. The Bertz CT molecular complexity index is 605. The van der Waals surface area contributed by atoms with Gasteiger partial charge in [-0.3, -0.25) is 9.36 Å². The second kappa shape index (κ2) is 12.4. The first-order valence-corrected chi connectivity index (χ1v) is 12.3. The van der Waals surface area contributed by atoms with Crippen molar-refractivity contribution in [3.63, 3.8) is 0 Å². The first-order valence-electron chi connectivity index (χ1n) is 10.8. The molecule has 1 aliphatic carbocycles. The maximum absolute atomic E-state index is 12.8. The summed E-state index contributed by atoms with van der Waals surface area (Å²) >= 11 is 0. The summed E-state index contributed by atoms with van der Waals surface area (Å²) in [5.41, 5.74) is 7.27. The van der Waals surface area contributed by atoms with Gasteiger partial charge in [0.15, 0.2) is 8.03 Å². The molecule has 0 aliphatic heterocycles. The van der Waals surface area contributed by atoms with Crippen LogP contribution in [0.5, 0.6) is 0 Å². The van der Waals surface area contributed by atoms with Crippen molar-refractivity contribution < 1.29 is 14.3 Å². The summed E-state index contributed by atoms with van der Waals surface area (Å²) in [6, 6.07) is 9.51. The van der Waals surface area contributed by atoms with Crippen LogP contribution in [0.1, 0.15) is 63.9 Å². The van der Waals surface area contributed by atoms with Crippen LogP contribution in [0, 0.1) is 11.8 Å². The Morgan fingerprint density at radius 1 is 1.18 bits per heavy atom. The highest BCUT2D eigenvalue weighted by Crippen LogP contribution is 2.30. The van der Waals surface area contributed by atoms with Crippen molar-refractivity contribution in [3.05, 3.63) is 35.9 Å². The molecule has 1 fully saturated rings. The minimum atomic E-state index is -2.38. The zero-order chi connectivity index (χ0) is 20.4. The highest BCUT2D eigenvalue weighted by atomic mass is 31.1. The molecule has 1 aromatic rings. The van der Waals surface area contributed by atoms with Crippen LogP contribution < -0.4 is 11.1 Å². The number of carbonyl (C=O) groups is 1. The van der Waals surface area contributed by atoms with Gasteiger partial charge in [0.2, 0.25) is 5.91 Å². The third-order valence-corrected chi connectivity index (χ3v) is 6.72. The van der Waals surface area contributed by atoms with Crippen LogP contribution in [0.25, 0.3) is 0 Å². The summed E-state index contributed by atoms with van der Waals surface area (Å²) in [5.74, 6) is 0.848. The summed E-state index contributed by atoms with van der Waals surface area (Å²) in [5, 5.41) is 3.26. The fraction of sp³-hybridized carbons (Fsp3) is 0.682. The number of benzene rings is 1. The molecule has 28 heavy (non-hydrogen) atoms. The van der Waals surface area contributed by atoms with Gasteiger partial charge in [-0.2, -0.15) is 0 Å². The van der Waals surface area contributed by atoms with Crippen LogP contribution in [-0.4, -0.2) is 29.0 Å². The van der Waals surface area contributed by atoms with Crippen molar-refractivity contribution in [3.8, 4) is 0 Å². The van der Waals surface area contributed by atoms with Crippen molar-refractivity contribution in [2.24, 2.45) is 17.6 Å². The average molecular weight is 409 g/mol. The zero-order valence-electron chi connectivity index (χ0n) is 17.1. The van der Waals surface area contributed by atoms with Crippen LogP contribution in [0.3, 0.4) is 0 Å². The van der Waals surface area contributed by atoms with E-state index < -0.39 is 14.1 Å². The number of amides is 1. The highest BCUT2D eigenvalue weighted by Gasteiger charge is 2.27. The van der Waals surface area contributed by atoms with Crippen molar-refractivity contribution in [2.45, 2.75) is 76.8 Å². The van der Waals surface area contributed by atoms with Gasteiger partial charge in [-0.25, -0.2) is 0 Å². The minimum Gasteiger partial charge on any atom is -0.352 e. The Hall–Kier alpha value is -1.16. The molecule has 0 heterocycles. The van der Waals surface area contributed by atoms with Gasteiger partial charge >= 0.3 is 0 Å². The summed E-state index contributed by atoms with van der Waals surface area (Å²) in [7, 11) is -2.38. The van der Waals surface area contributed by atoms with Crippen LogP contribution in [-0.2, 0) is 15.8 Å². The summed E-state index contributed by atoms with van der Waals surface area (Å²) in [6.45, 7) is 2.13. The van der Waals surface area contributed by atoms with Crippen molar-refractivity contribution >= 4 is 13.9 Å². The van der Waals surface area contributed by atoms with E-state index in [2.05, 4.69) is 12.2 Å². The topological polar surface area (TPSA) is 92.4 Å². The van der Waals surface area contributed by atoms with E-state index >= 15 is 0 Å². The summed E-state index contributed by atoms with van der Waals surface area (Å²) < 4.78 is 11.0. The molecule has 1 amide bonds.